The zero-order valence-electron chi connectivity index (χ0n) is 21.9. The van der Waals surface area contributed by atoms with Crippen molar-refractivity contribution in [3.8, 4) is 0 Å². The van der Waals surface area contributed by atoms with E-state index in [2.05, 4.69) is 73.6 Å². The third-order valence-electron chi connectivity index (χ3n) is 5.99. The summed E-state index contributed by atoms with van der Waals surface area (Å²) in [5, 5.41) is 8.80. The lowest BCUT2D eigenvalue weighted by Gasteiger charge is -2.08. The molecule has 0 saturated heterocycles. The van der Waals surface area contributed by atoms with E-state index in [9.17, 15) is 0 Å². The van der Waals surface area contributed by atoms with Gasteiger partial charge in [0.05, 0.1) is 33.9 Å². The molecule has 210 valence electrons. The predicted molar refractivity (Wildman–Crippen MR) is 214 cm³/mol. The highest BCUT2D eigenvalue weighted by molar-refractivity contribution is 8.43. The van der Waals surface area contributed by atoms with E-state index < -0.39 is 0 Å². The molecule has 0 atom stereocenters. The SMILES string of the molecule is CC1=C(C)SC(=C(C=C2SC3=C(SC=CS3)S2)c2ccc(C(C=C3SC4=C(SC=CS4)S3)=C3SC(C)=C(C)S3)s2)S1. The molecule has 0 fully saturated rings. The highest BCUT2D eigenvalue weighted by atomic mass is 32.3. The molecule has 41 heavy (non-hydrogen) atoms. The van der Waals surface area contributed by atoms with Crippen molar-refractivity contribution in [3.05, 3.63) is 109 Å². The number of hydrogen-bond donors (Lipinski definition) is 0. The first kappa shape index (κ1) is 30.9. The van der Waals surface area contributed by atoms with Gasteiger partial charge in [0.15, 0.2) is 0 Å². The Bertz CT molecular complexity index is 1470. The van der Waals surface area contributed by atoms with Crippen molar-refractivity contribution in [2.75, 3.05) is 0 Å². The van der Waals surface area contributed by atoms with Gasteiger partial charge in [-0.2, -0.15) is 0 Å². The molecule has 13 heteroatoms. The quantitative estimate of drug-likeness (QED) is 0.286. The lowest BCUT2D eigenvalue weighted by Crippen LogP contribution is -1.81. The highest BCUT2D eigenvalue weighted by Gasteiger charge is 2.28. The van der Waals surface area contributed by atoms with Crippen LogP contribution >= 0.6 is 152 Å². The Morgan fingerprint density at radius 3 is 1.10 bits per heavy atom. The van der Waals surface area contributed by atoms with Gasteiger partial charge in [0.2, 0.25) is 0 Å². The van der Waals surface area contributed by atoms with Crippen molar-refractivity contribution >= 4 is 164 Å². The molecule has 0 unspecified atom stereocenters. The Hall–Kier alpha value is 1.30. The van der Waals surface area contributed by atoms with Crippen LogP contribution in [0.25, 0.3) is 11.1 Å². The number of allylic oxidation sites excluding steroid dienone is 8. The number of hydrogen-bond acceptors (Lipinski definition) is 13. The first-order valence-corrected chi connectivity index (χ1v) is 23.0. The zero-order valence-corrected chi connectivity index (χ0v) is 32.5. The summed E-state index contributed by atoms with van der Waals surface area (Å²) in [7, 11) is 0. The molecule has 0 nitrogen and oxygen atoms in total. The van der Waals surface area contributed by atoms with Crippen LogP contribution in [0.1, 0.15) is 37.4 Å². The van der Waals surface area contributed by atoms with E-state index in [4.69, 9.17) is 0 Å². The molecule has 0 aliphatic carbocycles. The van der Waals surface area contributed by atoms with Crippen molar-refractivity contribution in [1.82, 2.24) is 0 Å². The molecule has 0 N–H and O–H groups in total. The summed E-state index contributed by atoms with van der Waals surface area (Å²) in [5.74, 6) is 0. The topological polar surface area (TPSA) is 0 Å². The Balaban J connectivity index is 1.24. The van der Waals surface area contributed by atoms with Crippen LogP contribution in [-0.2, 0) is 0 Å². The first-order valence-electron chi connectivity index (χ1n) is 12.2. The van der Waals surface area contributed by atoms with Crippen LogP contribution in [-0.4, -0.2) is 0 Å². The molecule has 0 aromatic carbocycles. The van der Waals surface area contributed by atoms with Crippen LogP contribution < -0.4 is 0 Å². The van der Waals surface area contributed by atoms with Crippen LogP contribution in [0.4, 0.5) is 0 Å². The Morgan fingerprint density at radius 1 is 0.463 bits per heavy atom. The minimum Gasteiger partial charge on any atom is -0.135 e. The fourth-order valence-electron chi connectivity index (χ4n) is 3.77. The maximum atomic E-state index is 2.45. The third-order valence-corrected chi connectivity index (χ3v) is 22.6. The highest BCUT2D eigenvalue weighted by Crippen LogP contribution is 2.63. The van der Waals surface area contributed by atoms with E-state index in [1.807, 2.05) is 152 Å². The molecule has 0 amide bonds. The summed E-state index contributed by atoms with van der Waals surface area (Å²) in [6.07, 6.45) is 4.90. The van der Waals surface area contributed by atoms with Gasteiger partial charge in [-0.15, -0.1) is 11.3 Å². The molecule has 7 heterocycles. The third kappa shape index (κ3) is 6.88. The molecule has 6 aliphatic heterocycles. The van der Waals surface area contributed by atoms with Crippen LogP contribution in [0.5, 0.6) is 0 Å². The normalized spacial score (nSPS) is 22.1. The van der Waals surface area contributed by atoms with E-state index >= 15 is 0 Å². The van der Waals surface area contributed by atoms with Gasteiger partial charge < -0.3 is 0 Å². The number of rotatable bonds is 4. The van der Waals surface area contributed by atoms with Crippen molar-refractivity contribution in [1.29, 1.82) is 0 Å². The van der Waals surface area contributed by atoms with Crippen LogP contribution in [0.15, 0.2) is 99.4 Å². The first-order chi connectivity index (χ1) is 19.9. The van der Waals surface area contributed by atoms with Crippen LogP contribution in [0, 0.1) is 0 Å². The average Bonchev–Trinajstić information content (AvgIpc) is 3.78. The molecule has 0 bridgehead atoms. The molecule has 0 spiro atoms. The van der Waals surface area contributed by atoms with Crippen molar-refractivity contribution in [2.24, 2.45) is 0 Å². The van der Waals surface area contributed by atoms with Gasteiger partial charge in [0, 0.05) is 20.9 Å². The van der Waals surface area contributed by atoms with Gasteiger partial charge in [-0.1, -0.05) is 141 Å². The minimum absolute atomic E-state index is 1.35. The van der Waals surface area contributed by atoms with Crippen molar-refractivity contribution in [2.45, 2.75) is 27.7 Å². The summed E-state index contributed by atoms with van der Waals surface area (Å²) < 4.78 is 11.2. The Labute approximate surface area is 296 Å². The maximum absolute atomic E-state index is 2.45. The van der Waals surface area contributed by atoms with Crippen LogP contribution in [0.2, 0.25) is 0 Å². The van der Waals surface area contributed by atoms with Gasteiger partial charge in [-0.25, -0.2) is 0 Å². The molecule has 0 saturated carbocycles. The molecule has 0 radical (unpaired) electrons. The van der Waals surface area contributed by atoms with Gasteiger partial charge in [0.25, 0.3) is 0 Å². The smallest absolute Gasteiger partial charge is 0.0705 e. The summed E-state index contributed by atoms with van der Waals surface area (Å²) >= 11 is 24.8. The zero-order chi connectivity index (χ0) is 28.1. The fraction of sp³-hybridized carbons (Fsp3) is 0.143. The molecule has 1 aromatic rings. The molecule has 7 rings (SSSR count). The second kappa shape index (κ2) is 13.6. The van der Waals surface area contributed by atoms with Crippen LogP contribution in [0.3, 0.4) is 0 Å². The number of thiophene rings is 1. The van der Waals surface area contributed by atoms with Crippen molar-refractivity contribution < 1.29 is 0 Å². The van der Waals surface area contributed by atoms with Gasteiger partial charge in [-0.05, 0) is 93.2 Å². The fourth-order valence-corrected chi connectivity index (χ4v) is 20.4. The molecular weight excluding hydrogens is 753 g/mol. The second-order valence-electron chi connectivity index (χ2n) is 8.70. The van der Waals surface area contributed by atoms with E-state index in [-0.39, 0.29) is 0 Å². The predicted octanol–water partition coefficient (Wildman–Crippen LogP) is 15.3. The van der Waals surface area contributed by atoms with E-state index in [1.54, 1.807) is 0 Å². The van der Waals surface area contributed by atoms with E-state index in [0.29, 0.717) is 0 Å². The Kier molecular flexibility index (Phi) is 10.2. The largest absolute Gasteiger partial charge is 0.135 e. The molecular formula is C28H20S13. The lowest BCUT2D eigenvalue weighted by molar-refractivity contribution is 1.57. The van der Waals surface area contributed by atoms with E-state index in [0.717, 1.165) is 0 Å². The molecule has 1 aromatic heterocycles. The monoisotopic (exact) mass is 772 g/mol. The summed E-state index contributed by atoms with van der Waals surface area (Å²) in [6.45, 7) is 9.00. The Morgan fingerprint density at radius 2 is 0.780 bits per heavy atom. The van der Waals surface area contributed by atoms with Gasteiger partial charge in [-0.3, -0.25) is 0 Å². The number of thioether (sulfide) groups is 12. The summed E-state index contributed by atoms with van der Waals surface area (Å²) in [4.78, 5) is 8.35. The lowest BCUT2D eigenvalue weighted by atomic mass is 10.2. The maximum Gasteiger partial charge on any atom is 0.0705 e. The second-order valence-corrected chi connectivity index (χ2v) is 24.6. The standard InChI is InChI=1S/C28H20S13/c1-13-14(2)34-23(33-13)17(11-21-38-25-26(39-21)30-8-7-29-25)19-5-6-20(37-19)18(24-35-15(3)16(4)36-24)12-22-40-27-28(41-22)32-10-9-31-27/h5-12H,1-4H3. The summed E-state index contributed by atoms with van der Waals surface area (Å²) in [5.41, 5.74) is 2.72. The summed E-state index contributed by atoms with van der Waals surface area (Å²) in [6, 6.07) is 4.72. The average molecular weight is 773 g/mol. The molecule has 6 aliphatic rings. The van der Waals surface area contributed by atoms with Gasteiger partial charge >= 0.3 is 0 Å². The van der Waals surface area contributed by atoms with Gasteiger partial charge in [0.1, 0.15) is 0 Å². The van der Waals surface area contributed by atoms with E-state index in [1.165, 1.54) is 74.4 Å². The van der Waals surface area contributed by atoms with Crippen molar-refractivity contribution in [3.63, 3.8) is 0 Å². The minimum atomic E-state index is 1.35.